The number of hydrogen-bond acceptors (Lipinski definition) is 3. The molecule has 0 aliphatic carbocycles. The second kappa shape index (κ2) is 4.03. The Balaban J connectivity index is 2.39. The standard InChI is InChI=1S/C9H16O3/c1-4-10-8-6-7-9(3,12-8)11-5-2/h6-8H,4-5H2,1-3H3. The van der Waals surface area contributed by atoms with Crippen molar-refractivity contribution in [3.63, 3.8) is 0 Å². The largest absolute Gasteiger partial charge is 0.349 e. The van der Waals surface area contributed by atoms with E-state index in [2.05, 4.69) is 0 Å². The van der Waals surface area contributed by atoms with Crippen molar-refractivity contribution in [2.45, 2.75) is 32.8 Å². The predicted octanol–water partition coefficient (Wildman–Crippen LogP) is 1.69. The Kier molecular flexibility index (Phi) is 3.26. The zero-order chi connectivity index (χ0) is 9.03. The number of rotatable bonds is 4. The monoisotopic (exact) mass is 172 g/mol. The highest BCUT2D eigenvalue weighted by Crippen LogP contribution is 2.24. The van der Waals surface area contributed by atoms with Crippen LogP contribution in [0.3, 0.4) is 0 Å². The highest BCUT2D eigenvalue weighted by molar-refractivity contribution is 5.02. The molecule has 0 radical (unpaired) electrons. The third kappa shape index (κ3) is 2.30. The molecule has 0 aromatic carbocycles. The fourth-order valence-electron chi connectivity index (χ4n) is 1.19. The minimum atomic E-state index is -0.589. The van der Waals surface area contributed by atoms with Crippen LogP contribution >= 0.6 is 0 Å². The Bertz CT molecular complexity index is 167. The SMILES string of the molecule is CCOC1C=CC(C)(OCC)O1. The first kappa shape index (κ1) is 9.71. The van der Waals surface area contributed by atoms with Gasteiger partial charge in [0.1, 0.15) is 0 Å². The molecule has 12 heavy (non-hydrogen) atoms. The van der Waals surface area contributed by atoms with E-state index >= 15 is 0 Å². The summed E-state index contributed by atoms with van der Waals surface area (Å²) in [4.78, 5) is 0. The Morgan fingerprint density at radius 3 is 2.75 bits per heavy atom. The average Bonchev–Trinajstić information content (AvgIpc) is 2.34. The maximum Gasteiger partial charge on any atom is 0.188 e. The van der Waals surface area contributed by atoms with Gasteiger partial charge in [0.15, 0.2) is 12.1 Å². The van der Waals surface area contributed by atoms with Gasteiger partial charge in [-0.2, -0.15) is 0 Å². The van der Waals surface area contributed by atoms with Crippen molar-refractivity contribution < 1.29 is 14.2 Å². The Morgan fingerprint density at radius 2 is 2.17 bits per heavy atom. The van der Waals surface area contributed by atoms with Crippen molar-refractivity contribution in [1.82, 2.24) is 0 Å². The summed E-state index contributed by atoms with van der Waals surface area (Å²) in [6.07, 6.45) is 3.52. The van der Waals surface area contributed by atoms with Crippen LogP contribution in [0.2, 0.25) is 0 Å². The first-order valence-electron chi connectivity index (χ1n) is 4.33. The van der Waals surface area contributed by atoms with E-state index in [1.165, 1.54) is 0 Å². The van der Waals surface area contributed by atoms with Crippen molar-refractivity contribution in [2.75, 3.05) is 13.2 Å². The molecule has 1 heterocycles. The van der Waals surface area contributed by atoms with Gasteiger partial charge in [0.2, 0.25) is 0 Å². The van der Waals surface area contributed by atoms with Crippen molar-refractivity contribution >= 4 is 0 Å². The molecule has 2 atom stereocenters. The highest BCUT2D eigenvalue weighted by Gasteiger charge is 2.31. The van der Waals surface area contributed by atoms with Gasteiger partial charge in [0.05, 0.1) is 0 Å². The molecule has 0 N–H and O–H groups in total. The molecular formula is C9H16O3. The van der Waals surface area contributed by atoms with Crippen molar-refractivity contribution in [1.29, 1.82) is 0 Å². The maximum absolute atomic E-state index is 5.47. The predicted molar refractivity (Wildman–Crippen MR) is 45.7 cm³/mol. The van der Waals surface area contributed by atoms with E-state index in [0.29, 0.717) is 13.2 Å². The lowest BCUT2D eigenvalue weighted by Gasteiger charge is -2.23. The van der Waals surface area contributed by atoms with E-state index in [9.17, 15) is 0 Å². The molecule has 3 heteroatoms. The van der Waals surface area contributed by atoms with E-state index in [1.54, 1.807) is 0 Å². The lowest BCUT2D eigenvalue weighted by Crippen LogP contribution is -2.29. The molecule has 0 spiro atoms. The maximum atomic E-state index is 5.47. The smallest absolute Gasteiger partial charge is 0.188 e. The van der Waals surface area contributed by atoms with Crippen LogP contribution in [0.4, 0.5) is 0 Å². The van der Waals surface area contributed by atoms with Gasteiger partial charge in [-0.1, -0.05) is 0 Å². The van der Waals surface area contributed by atoms with E-state index in [1.807, 2.05) is 32.9 Å². The Labute approximate surface area is 73.3 Å². The molecule has 0 amide bonds. The van der Waals surface area contributed by atoms with Crippen LogP contribution in [0, 0.1) is 0 Å². The van der Waals surface area contributed by atoms with Gasteiger partial charge >= 0.3 is 0 Å². The molecule has 0 saturated carbocycles. The summed E-state index contributed by atoms with van der Waals surface area (Å²) >= 11 is 0. The minimum Gasteiger partial charge on any atom is -0.349 e. The highest BCUT2D eigenvalue weighted by atomic mass is 16.8. The third-order valence-corrected chi connectivity index (χ3v) is 1.67. The number of hydrogen-bond donors (Lipinski definition) is 0. The zero-order valence-corrected chi connectivity index (χ0v) is 7.87. The Morgan fingerprint density at radius 1 is 1.42 bits per heavy atom. The lowest BCUT2D eigenvalue weighted by molar-refractivity contribution is -0.246. The third-order valence-electron chi connectivity index (χ3n) is 1.67. The first-order chi connectivity index (χ1) is 5.70. The second-order valence-electron chi connectivity index (χ2n) is 2.75. The van der Waals surface area contributed by atoms with Crippen molar-refractivity contribution in [3.8, 4) is 0 Å². The van der Waals surface area contributed by atoms with Crippen LogP contribution in [-0.2, 0) is 14.2 Å². The zero-order valence-electron chi connectivity index (χ0n) is 7.87. The molecule has 2 unspecified atom stereocenters. The van der Waals surface area contributed by atoms with E-state index in [0.717, 1.165) is 0 Å². The quantitative estimate of drug-likeness (QED) is 0.604. The van der Waals surface area contributed by atoms with Gasteiger partial charge in [-0.05, 0) is 32.9 Å². The van der Waals surface area contributed by atoms with Gasteiger partial charge < -0.3 is 14.2 Å². The average molecular weight is 172 g/mol. The fourth-order valence-corrected chi connectivity index (χ4v) is 1.19. The van der Waals surface area contributed by atoms with Gasteiger partial charge in [-0.3, -0.25) is 0 Å². The molecule has 0 saturated heterocycles. The second-order valence-corrected chi connectivity index (χ2v) is 2.75. The summed E-state index contributed by atoms with van der Waals surface area (Å²) in [6, 6.07) is 0. The molecule has 0 aromatic heterocycles. The molecule has 0 aromatic rings. The van der Waals surface area contributed by atoms with Crippen LogP contribution < -0.4 is 0 Å². The lowest BCUT2D eigenvalue weighted by atomic mass is 10.3. The van der Waals surface area contributed by atoms with E-state index in [4.69, 9.17) is 14.2 Å². The summed E-state index contributed by atoms with van der Waals surface area (Å²) in [5, 5.41) is 0. The normalized spacial score (nSPS) is 34.4. The van der Waals surface area contributed by atoms with Crippen LogP contribution in [-0.4, -0.2) is 25.3 Å². The van der Waals surface area contributed by atoms with E-state index in [-0.39, 0.29) is 6.29 Å². The molecule has 3 nitrogen and oxygen atoms in total. The summed E-state index contributed by atoms with van der Waals surface area (Å²) in [7, 11) is 0. The van der Waals surface area contributed by atoms with Gasteiger partial charge in [0.25, 0.3) is 0 Å². The molecule has 1 rings (SSSR count). The summed E-state index contributed by atoms with van der Waals surface area (Å²) < 4.78 is 16.1. The van der Waals surface area contributed by atoms with Gasteiger partial charge in [-0.15, -0.1) is 0 Å². The fraction of sp³-hybridized carbons (Fsp3) is 0.778. The molecule has 0 bridgehead atoms. The van der Waals surface area contributed by atoms with Gasteiger partial charge in [-0.25, -0.2) is 0 Å². The van der Waals surface area contributed by atoms with Crippen LogP contribution in [0.25, 0.3) is 0 Å². The van der Waals surface area contributed by atoms with Crippen LogP contribution in [0.1, 0.15) is 20.8 Å². The molecule has 1 aliphatic rings. The van der Waals surface area contributed by atoms with Crippen LogP contribution in [0.15, 0.2) is 12.2 Å². The van der Waals surface area contributed by atoms with Gasteiger partial charge in [0, 0.05) is 13.2 Å². The van der Waals surface area contributed by atoms with Crippen LogP contribution in [0.5, 0.6) is 0 Å². The summed E-state index contributed by atoms with van der Waals surface area (Å²) in [5.41, 5.74) is 0. The molecule has 70 valence electrons. The Hall–Kier alpha value is -0.380. The summed E-state index contributed by atoms with van der Waals surface area (Å²) in [6.45, 7) is 7.05. The molecular weight excluding hydrogens is 156 g/mol. The molecule has 0 fully saturated rings. The minimum absolute atomic E-state index is 0.244. The van der Waals surface area contributed by atoms with Crippen molar-refractivity contribution in [3.05, 3.63) is 12.2 Å². The van der Waals surface area contributed by atoms with E-state index < -0.39 is 5.79 Å². The first-order valence-corrected chi connectivity index (χ1v) is 4.33. The van der Waals surface area contributed by atoms with Crippen molar-refractivity contribution in [2.24, 2.45) is 0 Å². The summed E-state index contributed by atoms with van der Waals surface area (Å²) in [5.74, 6) is -0.589. The molecule has 1 aliphatic heterocycles. The topological polar surface area (TPSA) is 27.7 Å². The number of ether oxygens (including phenoxy) is 3.